The van der Waals surface area contributed by atoms with E-state index in [1.54, 1.807) is 7.11 Å². The van der Waals surface area contributed by atoms with Crippen molar-refractivity contribution in [3.05, 3.63) is 36.4 Å². The van der Waals surface area contributed by atoms with E-state index in [2.05, 4.69) is 15.1 Å². The second-order valence-corrected chi connectivity index (χ2v) is 9.20. The van der Waals surface area contributed by atoms with Gasteiger partial charge in [-0.15, -0.1) is 10.2 Å². The van der Waals surface area contributed by atoms with E-state index in [0.29, 0.717) is 19.6 Å². The van der Waals surface area contributed by atoms with Gasteiger partial charge in [0.15, 0.2) is 5.82 Å². The molecule has 1 saturated heterocycles. The Kier molecular flexibility index (Phi) is 6.15. The van der Waals surface area contributed by atoms with Gasteiger partial charge in [-0.3, -0.25) is 9.59 Å². The standard InChI is InChI=1S/C25H31N5O3/c1-33-21-9-5-18(6-10-21)22-11-12-23(27-26-22)28-13-2-14-29(16-15-28)24(31)17-30(20-7-8-20)25(32)19-3-4-19/h5-6,9-12,19-20H,2-4,7-8,13-17H2,1H3. The first-order valence-corrected chi connectivity index (χ1v) is 11.9. The highest BCUT2D eigenvalue weighted by Crippen LogP contribution is 2.36. The number of aromatic nitrogens is 2. The van der Waals surface area contributed by atoms with E-state index in [1.165, 1.54) is 0 Å². The van der Waals surface area contributed by atoms with Crippen molar-refractivity contribution in [2.24, 2.45) is 5.92 Å². The summed E-state index contributed by atoms with van der Waals surface area (Å²) in [5.41, 5.74) is 1.80. The molecule has 8 nitrogen and oxygen atoms in total. The van der Waals surface area contributed by atoms with Crippen LogP contribution in [-0.4, -0.2) is 77.7 Å². The fourth-order valence-electron chi connectivity index (χ4n) is 4.39. The van der Waals surface area contributed by atoms with Gasteiger partial charge in [-0.1, -0.05) is 0 Å². The van der Waals surface area contributed by atoms with Crippen LogP contribution in [-0.2, 0) is 9.59 Å². The van der Waals surface area contributed by atoms with Gasteiger partial charge in [0.25, 0.3) is 0 Å². The third-order valence-electron chi connectivity index (χ3n) is 6.71. The molecule has 33 heavy (non-hydrogen) atoms. The summed E-state index contributed by atoms with van der Waals surface area (Å²) in [6, 6.07) is 12.0. The van der Waals surface area contributed by atoms with Crippen LogP contribution < -0.4 is 9.64 Å². The van der Waals surface area contributed by atoms with Gasteiger partial charge >= 0.3 is 0 Å². The van der Waals surface area contributed by atoms with Gasteiger partial charge in [-0.25, -0.2) is 0 Å². The molecule has 0 radical (unpaired) electrons. The smallest absolute Gasteiger partial charge is 0.242 e. The Balaban J connectivity index is 1.18. The molecule has 3 aliphatic rings. The Morgan fingerprint density at radius 1 is 0.970 bits per heavy atom. The maximum absolute atomic E-state index is 13.0. The maximum Gasteiger partial charge on any atom is 0.242 e. The number of hydrogen-bond acceptors (Lipinski definition) is 6. The molecule has 2 heterocycles. The minimum atomic E-state index is 0.0682. The van der Waals surface area contributed by atoms with Crippen LogP contribution in [0.5, 0.6) is 5.75 Å². The summed E-state index contributed by atoms with van der Waals surface area (Å²) in [4.78, 5) is 31.6. The van der Waals surface area contributed by atoms with Crippen LogP contribution in [0.2, 0.25) is 0 Å². The number of rotatable bonds is 7. The summed E-state index contributed by atoms with van der Waals surface area (Å²) >= 11 is 0. The lowest BCUT2D eigenvalue weighted by atomic mass is 10.1. The van der Waals surface area contributed by atoms with Crippen LogP contribution in [0.4, 0.5) is 5.82 Å². The number of carbonyl (C=O) groups is 2. The van der Waals surface area contributed by atoms with Crippen LogP contribution >= 0.6 is 0 Å². The molecular weight excluding hydrogens is 418 g/mol. The first-order chi connectivity index (χ1) is 16.1. The topological polar surface area (TPSA) is 78.9 Å². The second-order valence-electron chi connectivity index (χ2n) is 9.20. The van der Waals surface area contributed by atoms with Crippen LogP contribution in [0.15, 0.2) is 36.4 Å². The zero-order valence-electron chi connectivity index (χ0n) is 19.2. The lowest BCUT2D eigenvalue weighted by Crippen LogP contribution is -2.45. The third-order valence-corrected chi connectivity index (χ3v) is 6.71. The van der Waals surface area contributed by atoms with Gasteiger partial charge < -0.3 is 19.4 Å². The molecule has 1 aliphatic heterocycles. The largest absolute Gasteiger partial charge is 0.497 e. The van der Waals surface area contributed by atoms with Crippen molar-refractivity contribution in [1.29, 1.82) is 0 Å². The van der Waals surface area contributed by atoms with Crippen molar-refractivity contribution in [3.63, 3.8) is 0 Å². The van der Waals surface area contributed by atoms with Gasteiger partial charge in [0.1, 0.15) is 12.3 Å². The first kappa shape index (κ1) is 21.7. The van der Waals surface area contributed by atoms with Gasteiger partial charge in [0.2, 0.25) is 11.8 Å². The number of methoxy groups -OCH3 is 1. The zero-order chi connectivity index (χ0) is 22.8. The predicted molar refractivity (Wildman–Crippen MR) is 125 cm³/mol. The Bertz CT molecular complexity index is 986. The van der Waals surface area contributed by atoms with Crippen molar-refractivity contribution < 1.29 is 14.3 Å². The first-order valence-electron chi connectivity index (χ1n) is 11.9. The van der Waals surface area contributed by atoms with E-state index in [4.69, 9.17) is 4.74 Å². The Labute approximate surface area is 194 Å². The zero-order valence-corrected chi connectivity index (χ0v) is 19.2. The fourth-order valence-corrected chi connectivity index (χ4v) is 4.39. The molecule has 2 aromatic rings. The van der Waals surface area contributed by atoms with Crippen LogP contribution in [0.3, 0.4) is 0 Å². The Morgan fingerprint density at radius 2 is 1.76 bits per heavy atom. The normalized spacial score (nSPS) is 18.6. The highest BCUT2D eigenvalue weighted by molar-refractivity contribution is 5.87. The minimum absolute atomic E-state index is 0.0682. The van der Waals surface area contributed by atoms with Gasteiger partial charge in [0.05, 0.1) is 12.8 Å². The van der Waals surface area contributed by atoms with Crippen LogP contribution in [0.1, 0.15) is 32.1 Å². The average Bonchev–Trinajstić information content (AvgIpc) is 3.75. The quantitative estimate of drug-likeness (QED) is 0.647. The summed E-state index contributed by atoms with van der Waals surface area (Å²) in [5, 5.41) is 8.87. The number of benzene rings is 1. The van der Waals surface area contributed by atoms with E-state index >= 15 is 0 Å². The number of ether oxygens (including phenoxy) is 1. The molecule has 5 rings (SSSR count). The van der Waals surface area contributed by atoms with Crippen LogP contribution in [0.25, 0.3) is 11.3 Å². The van der Waals surface area contributed by atoms with Gasteiger partial charge in [-0.2, -0.15) is 0 Å². The molecule has 0 unspecified atom stereocenters. The van der Waals surface area contributed by atoms with Crippen molar-refractivity contribution in [1.82, 2.24) is 20.0 Å². The number of amides is 2. The molecule has 8 heteroatoms. The number of carbonyl (C=O) groups excluding carboxylic acids is 2. The average molecular weight is 450 g/mol. The SMILES string of the molecule is COc1ccc(-c2ccc(N3CCCN(C(=O)CN(C(=O)C4CC4)C4CC4)CC3)nn2)cc1. The van der Waals surface area contributed by atoms with E-state index < -0.39 is 0 Å². The van der Waals surface area contributed by atoms with E-state index in [9.17, 15) is 9.59 Å². The highest BCUT2D eigenvalue weighted by atomic mass is 16.5. The fraction of sp³-hybridized carbons (Fsp3) is 0.520. The van der Waals surface area contributed by atoms with E-state index in [0.717, 1.165) is 61.5 Å². The molecule has 174 valence electrons. The maximum atomic E-state index is 13.0. The van der Waals surface area contributed by atoms with E-state index in [-0.39, 0.29) is 30.3 Å². The summed E-state index contributed by atoms with van der Waals surface area (Å²) in [7, 11) is 1.65. The molecule has 0 bridgehead atoms. The molecule has 0 spiro atoms. The molecule has 2 saturated carbocycles. The minimum Gasteiger partial charge on any atom is -0.497 e. The molecule has 2 aliphatic carbocycles. The summed E-state index contributed by atoms with van der Waals surface area (Å²) in [5.74, 6) is 2.06. The number of anilines is 1. The lowest BCUT2D eigenvalue weighted by molar-refractivity contribution is -0.141. The summed E-state index contributed by atoms with van der Waals surface area (Å²) in [6.07, 6.45) is 4.89. The summed E-state index contributed by atoms with van der Waals surface area (Å²) < 4.78 is 5.21. The second kappa shape index (κ2) is 9.37. The lowest BCUT2D eigenvalue weighted by Gasteiger charge is -2.27. The van der Waals surface area contributed by atoms with Crippen molar-refractivity contribution >= 4 is 17.6 Å². The van der Waals surface area contributed by atoms with E-state index in [1.807, 2.05) is 46.2 Å². The molecule has 2 amide bonds. The molecule has 0 N–H and O–H groups in total. The summed E-state index contributed by atoms with van der Waals surface area (Å²) in [6.45, 7) is 3.12. The van der Waals surface area contributed by atoms with Crippen molar-refractivity contribution in [3.8, 4) is 17.0 Å². The Morgan fingerprint density at radius 3 is 2.39 bits per heavy atom. The highest BCUT2D eigenvalue weighted by Gasteiger charge is 2.41. The number of hydrogen-bond donors (Lipinski definition) is 0. The Hall–Kier alpha value is -3.16. The van der Waals surface area contributed by atoms with Gasteiger partial charge in [0, 0.05) is 43.7 Å². The third kappa shape index (κ3) is 5.10. The molecular formula is C25H31N5O3. The van der Waals surface area contributed by atoms with Crippen LogP contribution in [0, 0.1) is 5.92 Å². The molecule has 1 aromatic carbocycles. The molecule has 0 atom stereocenters. The molecule has 3 fully saturated rings. The monoisotopic (exact) mass is 449 g/mol. The number of nitrogens with zero attached hydrogens (tertiary/aromatic N) is 5. The van der Waals surface area contributed by atoms with Crippen molar-refractivity contribution in [2.45, 2.75) is 38.1 Å². The molecule has 1 aromatic heterocycles. The van der Waals surface area contributed by atoms with Gasteiger partial charge in [-0.05, 0) is 68.5 Å². The van der Waals surface area contributed by atoms with Crippen molar-refractivity contribution in [2.75, 3.05) is 44.7 Å². The predicted octanol–water partition coefficient (Wildman–Crippen LogP) is 2.59.